The summed E-state index contributed by atoms with van der Waals surface area (Å²) in [6.45, 7) is 3.21. The van der Waals surface area contributed by atoms with E-state index in [1.807, 2.05) is 12.3 Å². The van der Waals surface area contributed by atoms with Gasteiger partial charge in [0, 0.05) is 37.3 Å². The minimum Gasteiger partial charge on any atom is -0.331 e. The smallest absolute Gasteiger partial charge is 0.317 e. The predicted molar refractivity (Wildman–Crippen MR) is 106 cm³/mol. The van der Waals surface area contributed by atoms with Crippen molar-refractivity contribution in [2.75, 3.05) is 26.2 Å². The standard InChI is InChI=1S/C16H18Cl2N4O3S2/c1-11-10-26-14(20-11)9-19-16(23)21-5-7-22(8-6-21)27(24,25)13-4-2-3-12(17)15(13)18/h2-4,10H,5-9H2,1H3,(H,19,23). The Labute approximate surface area is 171 Å². The van der Waals surface area contributed by atoms with E-state index >= 15 is 0 Å². The lowest BCUT2D eigenvalue weighted by atomic mass is 10.4. The van der Waals surface area contributed by atoms with Gasteiger partial charge < -0.3 is 10.2 Å². The summed E-state index contributed by atoms with van der Waals surface area (Å²) >= 11 is 13.5. The van der Waals surface area contributed by atoms with E-state index in [9.17, 15) is 13.2 Å². The first kappa shape index (κ1) is 20.3. The number of nitrogens with zero attached hydrogens (tertiary/aromatic N) is 3. The van der Waals surface area contributed by atoms with Crippen molar-refractivity contribution in [3.63, 3.8) is 0 Å². The largest absolute Gasteiger partial charge is 0.331 e. The van der Waals surface area contributed by atoms with Crippen LogP contribution >= 0.6 is 34.5 Å². The summed E-state index contributed by atoms with van der Waals surface area (Å²) in [6.07, 6.45) is 0. The SMILES string of the molecule is Cc1csc(CNC(=O)N2CCN(S(=O)(=O)c3cccc(Cl)c3Cl)CC2)n1. The molecule has 11 heteroatoms. The molecule has 1 aliphatic heterocycles. The fourth-order valence-corrected chi connectivity index (χ4v) is 5.57. The molecule has 1 aromatic heterocycles. The van der Waals surface area contributed by atoms with Gasteiger partial charge in [-0.15, -0.1) is 11.3 Å². The number of piperazine rings is 1. The molecule has 0 aliphatic carbocycles. The van der Waals surface area contributed by atoms with Crippen molar-refractivity contribution in [2.24, 2.45) is 0 Å². The Hall–Kier alpha value is -1.39. The third kappa shape index (κ3) is 4.55. The predicted octanol–water partition coefficient (Wildman–Crippen LogP) is 2.97. The van der Waals surface area contributed by atoms with Gasteiger partial charge in [0.15, 0.2) is 0 Å². The zero-order valence-corrected chi connectivity index (χ0v) is 17.6. The van der Waals surface area contributed by atoms with Crippen LogP contribution in [0.15, 0.2) is 28.5 Å². The highest BCUT2D eigenvalue weighted by atomic mass is 35.5. The maximum atomic E-state index is 12.8. The van der Waals surface area contributed by atoms with Gasteiger partial charge in [-0.1, -0.05) is 29.3 Å². The zero-order chi connectivity index (χ0) is 19.6. The number of rotatable bonds is 4. The third-order valence-electron chi connectivity index (χ3n) is 4.12. The number of sulfonamides is 1. The summed E-state index contributed by atoms with van der Waals surface area (Å²) in [5.41, 5.74) is 0.919. The summed E-state index contributed by atoms with van der Waals surface area (Å²) in [6, 6.07) is 4.28. The number of aryl methyl sites for hydroxylation is 1. The number of hydrogen-bond donors (Lipinski definition) is 1. The number of amides is 2. The summed E-state index contributed by atoms with van der Waals surface area (Å²) in [5.74, 6) is 0. The van der Waals surface area contributed by atoms with E-state index in [2.05, 4.69) is 10.3 Å². The molecule has 0 atom stereocenters. The monoisotopic (exact) mass is 448 g/mol. The molecular formula is C16H18Cl2N4O3S2. The molecule has 1 fully saturated rings. The molecule has 7 nitrogen and oxygen atoms in total. The highest BCUT2D eigenvalue weighted by molar-refractivity contribution is 7.89. The van der Waals surface area contributed by atoms with Crippen LogP contribution in [0.1, 0.15) is 10.7 Å². The number of carbonyl (C=O) groups excluding carboxylic acids is 1. The van der Waals surface area contributed by atoms with Crippen molar-refractivity contribution in [1.82, 2.24) is 19.5 Å². The Kier molecular flexibility index (Phi) is 6.27. The van der Waals surface area contributed by atoms with Crippen LogP contribution in [0.2, 0.25) is 10.0 Å². The molecule has 1 aliphatic rings. The van der Waals surface area contributed by atoms with Crippen LogP contribution in [0, 0.1) is 6.92 Å². The second-order valence-electron chi connectivity index (χ2n) is 5.98. The van der Waals surface area contributed by atoms with Crippen LogP contribution in [0.3, 0.4) is 0 Å². The van der Waals surface area contributed by atoms with Crippen LogP contribution in [-0.4, -0.2) is 54.8 Å². The molecule has 1 N–H and O–H groups in total. The van der Waals surface area contributed by atoms with Gasteiger partial charge >= 0.3 is 6.03 Å². The molecule has 146 valence electrons. The van der Waals surface area contributed by atoms with E-state index in [4.69, 9.17) is 23.2 Å². The summed E-state index contributed by atoms with van der Waals surface area (Å²) in [5, 5.41) is 5.77. The molecule has 0 spiro atoms. The molecule has 0 radical (unpaired) electrons. The van der Waals surface area contributed by atoms with E-state index < -0.39 is 10.0 Å². The van der Waals surface area contributed by atoms with Crippen molar-refractivity contribution in [3.05, 3.63) is 44.3 Å². The zero-order valence-electron chi connectivity index (χ0n) is 14.5. The molecule has 2 aromatic rings. The normalized spacial score (nSPS) is 15.7. The summed E-state index contributed by atoms with van der Waals surface area (Å²) in [7, 11) is -3.77. The van der Waals surface area contributed by atoms with Gasteiger partial charge in [0.05, 0.1) is 16.6 Å². The van der Waals surface area contributed by atoms with Crippen LogP contribution in [0.25, 0.3) is 0 Å². The van der Waals surface area contributed by atoms with Crippen LogP contribution in [0.5, 0.6) is 0 Å². The first-order chi connectivity index (χ1) is 12.8. The van der Waals surface area contributed by atoms with Gasteiger partial charge in [0.25, 0.3) is 0 Å². The first-order valence-electron chi connectivity index (χ1n) is 8.17. The molecule has 1 saturated heterocycles. The number of thiazole rings is 1. The Balaban J connectivity index is 1.59. The van der Waals surface area contributed by atoms with E-state index in [0.717, 1.165) is 10.7 Å². The maximum Gasteiger partial charge on any atom is 0.317 e. The quantitative estimate of drug-likeness (QED) is 0.778. The molecule has 2 heterocycles. The number of aromatic nitrogens is 1. The average molecular weight is 449 g/mol. The number of carbonyl (C=O) groups is 1. The first-order valence-corrected chi connectivity index (χ1v) is 11.2. The summed E-state index contributed by atoms with van der Waals surface area (Å²) < 4.78 is 26.9. The third-order valence-corrected chi connectivity index (χ3v) is 7.96. The highest BCUT2D eigenvalue weighted by Crippen LogP contribution is 2.31. The van der Waals surface area contributed by atoms with E-state index in [-0.39, 0.29) is 34.1 Å². The van der Waals surface area contributed by atoms with Crippen LogP contribution in [-0.2, 0) is 16.6 Å². The topological polar surface area (TPSA) is 82.6 Å². The van der Waals surface area contributed by atoms with Gasteiger partial charge in [-0.25, -0.2) is 18.2 Å². The number of nitrogens with one attached hydrogen (secondary N) is 1. The Morgan fingerprint density at radius 2 is 1.96 bits per heavy atom. The molecule has 0 saturated carbocycles. The molecule has 0 unspecified atom stereocenters. The lowest BCUT2D eigenvalue weighted by Gasteiger charge is -2.34. The summed E-state index contributed by atoms with van der Waals surface area (Å²) in [4.78, 5) is 18.2. The fourth-order valence-electron chi connectivity index (χ4n) is 2.70. The molecule has 1 aromatic carbocycles. The van der Waals surface area contributed by atoms with Crippen molar-refractivity contribution < 1.29 is 13.2 Å². The number of urea groups is 1. The van der Waals surface area contributed by atoms with Gasteiger partial charge in [-0.3, -0.25) is 0 Å². The van der Waals surface area contributed by atoms with Crippen LogP contribution in [0.4, 0.5) is 4.79 Å². The Bertz CT molecular complexity index is 941. The number of benzene rings is 1. The lowest BCUT2D eigenvalue weighted by Crippen LogP contribution is -2.53. The van der Waals surface area contributed by atoms with Crippen molar-refractivity contribution in [2.45, 2.75) is 18.4 Å². The van der Waals surface area contributed by atoms with Crippen molar-refractivity contribution in [3.8, 4) is 0 Å². The van der Waals surface area contributed by atoms with Crippen LogP contribution < -0.4 is 5.32 Å². The molecule has 0 bridgehead atoms. The van der Waals surface area contributed by atoms with Crippen molar-refractivity contribution in [1.29, 1.82) is 0 Å². The highest BCUT2D eigenvalue weighted by Gasteiger charge is 2.31. The number of halogens is 2. The number of hydrogen-bond acceptors (Lipinski definition) is 5. The van der Waals surface area contributed by atoms with E-state index in [0.29, 0.717) is 19.6 Å². The van der Waals surface area contributed by atoms with Gasteiger partial charge in [-0.05, 0) is 19.1 Å². The minimum absolute atomic E-state index is 0.0121. The van der Waals surface area contributed by atoms with Gasteiger partial charge in [0.1, 0.15) is 9.90 Å². The molecule has 27 heavy (non-hydrogen) atoms. The Morgan fingerprint density at radius 3 is 2.59 bits per heavy atom. The second-order valence-corrected chi connectivity index (χ2v) is 9.62. The average Bonchev–Trinajstić information content (AvgIpc) is 3.07. The minimum atomic E-state index is -3.77. The van der Waals surface area contributed by atoms with Crippen molar-refractivity contribution >= 4 is 50.6 Å². The Morgan fingerprint density at radius 1 is 1.26 bits per heavy atom. The van der Waals surface area contributed by atoms with E-state index in [1.54, 1.807) is 11.0 Å². The van der Waals surface area contributed by atoms with Gasteiger partial charge in [0.2, 0.25) is 10.0 Å². The van der Waals surface area contributed by atoms with Gasteiger partial charge in [-0.2, -0.15) is 4.31 Å². The molecule has 3 rings (SSSR count). The second kappa shape index (κ2) is 8.32. The maximum absolute atomic E-state index is 12.8. The van der Waals surface area contributed by atoms with E-state index in [1.165, 1.54) is 27.8 Å². The molecular weight excluding hydrogens is 431 g/mol. The lowest BCUT2D eigenvalue weighted by molar-refractivity contribution is 0.172. The molecule has 2 amide bonds. The fraction of sp³-hybridized carbons (Fsp3) is 0.375.